The number of halogens is 3. The number of para-hydroxylation sites is 1. The number of fused-ring (bicyclic) bond motifs is 4. The summed E-state index contributed by atoms with van der Waals surface area (Å²) in [6.07, 6.45) is 12.2. The number of primary amides is 1. The number of nitrogens with one attached hydrogen (secondary N) is 2. The number of aryl methyl sites for hydroxylation is 2. The minimum absolute atomic E-state index is 0.0152. The number of piperidine rings is 1. The number of pyridine rings is 2. The van der Waals surface area contributed by atoms with Crippen molar-refractivity contribution in [3.05, 3.63) is 227 Å². The Balaban J connectivity index is 0.000000147. The summed E-state index contributed by atoms with van der Waals surface area (Å²) in [5.41, 5.74) is 16.6. The minimum Gasteiger partial charge on any atom is -0.493 e. The number of carbonyl (C=O) groups excluding carboxylic acids is 2. The second-order valence-electron chi connectivity index (χ2n) is 39.0. The van der Waals surface area contributed by atoms with Crippen molar-refractivity contribution >= 4 is 79.3 Å². The molecule has 2 amide bonds. The quantitative estimate of drug-likeness (QED) is 0.0563. The number of nitrogens with two attached hydrogens (primary N) is 1. The number of alkyl halides is 1. The number of methoxy groups -OCH3 is 3. The van der Waals surface area contributed by atoms with Gasteiger partial charge in [-0.15, -0.1) is 15.3 Å². The maximum Gasteiger partial charge on any atom is 0.255 e. The Morgan fingerprint density at radius 1 is 0.733 bits per heavy atom. The highest BCUT2D eigenvalue weighted by Gasteiger charge is 2.53. The van der Waals surface area contributed by atoms with E-state index in [4.69, 9.17) is 58.8 Å². The van der Waals surface area contributed by atoms with Crippen LogP contribution in [0.2, 0.25) is 5.02 Å². The van der Waals surface area contributed by atoms with E-state index in [2.05, 4.69) is 194 Å². The molecule has 32 heteroatoms. The summed E-state index contributed by atoms with van der Waals surface area (Å²) in [6, 6.07) is 36.2. The van der Waals surface area contributed by atoms with E-state index in [0.29, 0.717) is 117 Å². The number of anilines is 3. The average Bonchev–Trinajstić information content (AvgIpc) is 1.72. The molecule has 2 saturated heterocycles. The molecule has 0 bridgehead atoms. The van der Waals surface area contributed by atoms with Crippen LogP contribution in [0.25, 0.3) is 78.3 Å². The third-order valence-corrected chi connectivity index (χ3v) is 25.7. The highest BCUT2D eigenvalue weighted by atomic mass is 35.5. The van der Waals surface area contributed by atoms with Gasteiger partial charge >= 0.3 is 0 Å². The molecule has 11 heterocycles. The highest BCUT2D eigenvalue weighted by molar-refractivity contribution is 6.31. The number of morpholine rings is 1. The summed E-state index contributed by atoms with van der Waals surface area (Å²) in [6.45, 7) is 43.2. The predicted molar refractivity (Wildman–Crippen MR) is 526 cm³/mol. The Hall–Kier alpha value is -13.0. The molecule has 1 saturated carbocycles. The van der Waals surface area contributed by atoms with Crippen LogP contribution in [0.5, 0.6) is 17.4 Å². The lowest BCUT2D eigenvalue weighted by Crippen LogP contribution is -2.70. The van der Waals surface area contributed by atoms with Crippen molar-refractivity contribution in [3.8, 4) is 57.2 Å². The maximum absolute atomic E-state index is 14.5. The zero-order valence-electron chi connectivity index (χ0n) is 82.8. The Bertz CT molecular complexity index is 6540. The summed E-state index contributed by atoms with van der Waals surface area (Å²) in [4.78, 5) is 80.5. The van der Waals surface area contributed by atoms with Gasteiger partial charge in [-0.25, -0.2) is 48.7 Å². The van der Waals surface area contributed by atoms with Crippen LogP contribution in [0.1, 0.15) is 210 Å². The molecule has 0 spiro atoms. The maximum atomic E-state index is 14.5. The molecule has 5 aromatic carbocycles. The second kappa shape index (κ2) is 40.7. The van der Waals surface area contributed by atoms with Crippen LogP contribution in [0.3, 0.4) is 0 Å². The van der Waals surface area contributed by atoms with Gasteiger partial charge in [0.2, 0.25) is 23.6 Å². The van der Waals surface area contributed by atoms with Crippen molar-refractivity contribution in [2.24, 2.45) is 5.73 Å². The monoisotopic (exact) mass is 1860 g/mol. The number of carbonyl (C=O) groups is 2. The molecule has 17 rings (SSSR count). The first kappa shape index (κ1) is 95.2. The first-order chi connectivity index (χ1) is 65.0. The lowest BCUT2D eigenvalue weighted by atomic mass is 9.79. The summed E-state index contributed by atoms with van der Waals surface area (Å²) < 4.78 is 75.8. The third-order valence-electron chi connectivity index (χ3n) is 25.3. The molecule has 708 valence electrons. The van der Waals surface area contributed by atoms with Gasteiger partial charge < -0.3 is 59.2 Å². The van der Waals surface area contributed by atoms with E-state index in [1.165, 1.54) is 18.7 Å². The largest absolute Gasteiger partial charge is 0.493 e. The Morgan fingerprint density at radius 3 is 2.07 bits per heavy atom. The van der Waals surface area contributed by atoms with Crippen molar-refractivity contribution in [3.63, 3.8) is 0 Å². The van der Waals surface area contributed by atoms with E-state index >= 15 is 0 Å². The number of hydrogen-bond donors (Lipinski definition) is 3. The van der Waals surface area contributed by atoms with E-state index in [1.54, 1.807) is 63.3 Å². The SMILES string of the molecule is CC1(F)CCC([N+]2(C(C)(C)C)CCC(N3Cc4cc(F)cc(C(N)=O)c4C3=O)CC2)CC1.COc1cc2ncnc(-n3nc(-c4ccccn4)nc3NC(C)(C)C)c2cc1OC.COc1ccc([C@@H](OC(C)(C)C)c2cc(-c3ncnc4cc(N5CCOCC5)ccc34)c(C)cc2Cl)nn1.[2H]c1nc(C)nc([2H])c1-c1cc(N(C[C@@H](C)c2cccc3c(C(=C)NC)ccnc23)C(C)(C)C)ncn1. The van der Waals surface area contributed by atoms with Gasteiger partial charge in [-0.1, -0.05) is 49.4 Å². The van der Waals surface area contributed by atoms with Crippen LogP contribution in [-0.4, -0.2) is 210 Å². The summed E-state index contributed by atoms with van der Waals surface area (Å²) in [5.74, 6) is 2.90. The van der Waals surface area contributed by atoms with Crippen LogP contribution < -0.4 is 40.4 Å². The van der Waals surface area contributed by atoms with Crippen molar-refractivity contribution in [1.82, 2.24) is 85.0 Å². The molecule has 135 heavy (non-hydrogen) atoms. The van der Waals surface area contributed by atoms with Gasteiger partial charge in [0.1, 0.15) is 53.9 Å². The van der Waals surface area contributed by atoms with E-state index in [1.807, 2.05) is 95.5 Å². The van der Waals surface area contributed by atoms with E-state index in [9.17, 15) is 18.4 Å². The normalized spacial score (nSPS) is 18.1. The van der Waals surface area contributed by atoms with Gasteiger partial charge in [-0.3, -0.25) is 19.6 Å². The number of quaternary nitrogens is 1. The molecule has 3 fully saturated rings. The summed E-state index contributed by atoms with van der Waals surface area (Å²) in [7, 11) is 6.61. The number of ether oxygens (including phenoxy) is 5. The van der Waals surface area contributed by atoms with Crippen LogP contribution >= 0.6 is 11.6 Å². The van der Waals surface area contributed by atoms with E-state index in [-0.39, 0.29) is 58.0 Å². The molecule has 1 aliphatic carbocycles. The van der Waals surface area contributed by atoms with Gasteiger partial charge in [-0.05, 0) is 206 Å². The first-order valence-electron chi connectivity index (χ1n) is 46.6. The summed E-state index contributed by atoms with van der Waals surface area (Å²) in [5, 5.41) is 23.2. The molecular weight excluding hydrogens is 1730 g/mol. The van der Waals surface area contributed by atoms with Crippen LogP contribution in [0.15, 0.2) is 166 Å². The van der Waals surface area contributed by atoms with Gasteiger partial charge in [0.15, 0.2) is 17.3 Å². The molecule has 29 nitrogen and oxygen atoms in total. The average molecular weight is 1860 g/mol. The lowest BCUT2D eigenvalue weighted by Gasteiger charge is -2.58. The van der Waals surface area contributed by atoms with Crippen molar-refractivity contribution in [2.75, 3.05) is 89.4 Å². The third kappa shape index (κ3) is 22.3. The number of aromatic nitrogens is 15. The van der Waals surface area contributed by atoms with E-state index < -0.39 is 29.1 Å². The molecule has 4 aliphatic rings. The fraction of sp³-hybridized carbons (Fsp3) is 0.417. The number of hydrogen-bond acceptors (Lipinski definition) is 25. The van der Waals surface area contributed by atoms with Gasteiger partial charge in [-0.2, -0.15) is 9.67 Å². The Labute approximate surface area is 796 Å². The molecule has 4 N–H and O–H groups in total. The topological polar surface area (TPSA) is 325 Å². The number of amides is 2. The Kier molecular flexibility index (Phi) is 28.7. The molecule has 8 aromatic heterocycles. The standard InChI is InChI=1S/C29H32ClN5O3.C28H33N7.C25H35F2N3O2.C21H23N7O2/c1-18-14-23(30)22(28(38-29(2,3)4)24-8-9-26(36-5)34-33-24)16-21(18)27-20-7-6-19(15-25(20)31-17-32-27)35-10-12-37-13-11-35;1-18(22-9-8-10-24-23(19(2)29-7)11-12-30-27(22)24)16-35(28(4,5)6)26-13-25(33-17-34-26)21-14-31-20(3)32-15-21;1-24(2,3)30(19-5-9-25(4,27)10-6-19)11-7-18(8-12-30)29-15-16-13-17(26)14-20(22(28)31)21(16)23(29)32;1-21(2,3)26-20-25-18(14-8-6-7-9-22-14)27-28(20)19-13-10-16(29-4)17(30-5)11-15(13)23-12-24-19/h6-9,14-17,28H,10-13H2,1-5H3;8-15,17-18,29H,2,16H2,1,3-7H3;13-14,18-19H,5-12,15H2,1-4H3,(H-,28,31);6-12H,1-5H3,(H,25,26,27)/p+1/t28-;18-;;/m01../s1/i;14D,15D;;. The number of likely N-dealkylation sites (tertiary alicyclic amines) is 1. The predicted octanol–water partition coefficient (Wildman–Crippen LogP) is 19.0. The molecule has 3 aliphatic heterocycles. The zero-order valence-corrected chi connectivity index (χ0v) is 81.6. The van der Waals surface area contributed by atoms with Crippen molar-refractivity contribution in [1.29, 1.82) is 0 Å². The molecule has 0 radical (unpaired) electrons. The second-order valence-corrected chi connectivity index (χ2v) is 39.4. The molecule has 13 aromatic rings. The van der Waals surface area contributed by atoms with Crippen LogP contribution in [0.4, 0.5) is 26.2 Å². The molecule has 0 unspecified atom stereocenters. The first-order valence-corrected chi connectivity index (χ1v) is 46.0. The van der Waals surface area contributed by atoms with Gasteiger partial charge in [0.25, 0.3) is 5.91 Å². The van der Waals surface area contributed by atoms with Gasteiger partial charge in [0.05, 0.1) is 112 Å². The number of benzene rings is 5. The van der Waals surface area contributed by atoms with Crippen LogP contribution in [0, 0.1) is 19.7 Å². The van der Waals surface area contributed by atoms with Crippen LogP contribution in [-0.2, 0) is 16.0 Å². The fourth-order valence-corrected chi connectivity index (χ4v) is 18.7. The number of rotatable bonds is 21. The molecule has 2 atom stereocenters. The van der Waals surface area contributed by atoms with E-state index in [0.717, 1.165) is 148 Å². The van der Waals surface area contributed by atoms with Gasteiger partial charge in [0, 0.05) is 180 Å². The minimum atomic E-state index is -1.06. The smallest absolute Gasteiger partial charge is 0.255 e. The lowest BCUT2D eigenvalue weighted by molar-refractivity contribution is -0.997. The highest BCUT2D eigenvalue weighted by Crippen LogP contribution is 2.47. The van der Waals surface area contributed by atoms with Crippen molar-refractivity contribution in [2.45, 2.75) is 208 Å². The zero-order chi connectivity index (χ0) is 98.5. The fourth-order valence-electron chi connectivity index (χ4n) is 18.3. The Morgan fingerprint density at radius 2 is 1.43 bits per heavy atom. The number of nitrogens with zero attached hydrogens (tertiary/aromatic N) is 19. The van der Waals surface area contributed by atoms with Crippen molar-refractivity contribution < 1.29 is 49.3 Å². The molecular formula is C103H124ClF2N22O7+. The summed E-state index contributed by atoms with van der Waals surface area (Å²) >= 11 is 6.84.